The van der Waals surface area contributed by atoms with E-state index in [1.165, 1.54) is 11.8 Å². The molecule has 0 saturated carbocycles. The van der Waals surface area contributed by atoms with E-state index in [4.69, 9.17) is 11.6 Å². The van der Waals surface area contributed by atoms with E-state index in [0.29, 0.717) is 32.3 Å². The van der Waals surface area contributed by atoms with Crippen LogP contribution in [0, 0.1) is 11.3 Å². The van der Waals surface area contributed by atoms with Crippen molar-refractivity contribution in [1.82, 2.24) is 5.32 Å². The highest BCUT2D eigenvalue weighted by atomic mass is 35.5. The largest absolute Gasteiger partial charge is 0.316 e. The first-order valence-electron chi connectivity index (χ1n) is 9.92. The highest BCUT2D eigenvalue weighted by Crippen LogP contribution is 2.36. The minimum absolute atomic E-state index is 0.0436. The Morgan fingerprint density at radius 1 is 0.938 bits per heavy atom. The Kier molecular flexibility index (Phi) is 8.27. The summed E-state index contributed by atoms with van der Waals surface area (Å²) in [5, 5.41) is 13.8. The maximum Gasteiger partial charge on any atom is 0.256 e. The van der Waals surface area contributed by atoms with Gasteiger partial charge in [-0.05, 0) is 30.0 Å². The molecule has 3 aromatic rings. The molecule has 1 unspecified atom stereocenters. The third kappa shape index (κ3) is 5.67. The number of ketones is 1. The second-order valence-electron chi connectivity index (χ2n) is 6.95. The fraction of sp³-hybridized carbons (Fsp3) is 0.115. The number of carbonyl (C=O) groups is 2. The molecule has 0 aliphatic carbocycles. The predicted octanol–water partition coefficient (Wildman–Crippen LogP) is 6.22. The number of hydrogen-bond acceptors (Lipinski definition) is 4. The lowest BCUT2D eigenvalue weighted by Crippen LogP contribution is -2.24. The smallest absolute Gasteiger partial charge is 0.256 e. The van der Waals surface area contributed by atoms with Crippen LogP contribution < -0.4 is 5.32 Å². The van der Waals surface area contributed by atoms with Crippen LogP contribution in [-0.2, 0) is 0 Å². The van der Waals surface area contributed by atoms with Crippen LogP contribution in [0.2, 0.25) is 5.02 Å². The van der Waals surface area contributed by atoms with Gasteiger partial charge in [0.2, 0.25) is 0 Å². The van der Waals surface area contributed by atoms with Crippen molar-refractivity contribution < 1.29 is 9.59 Å². The first-order chi connectivity index (χ1) is 15.5. The number of benzene rings is 3. The second kappa shape index (κ2) is 11.3. The fourth-order valence-corrected chi connectivity index (χ4v) is 4.20. The molecular formula is C26H21ClN2O2S. The normalized spacial score (nSPS) is 12.3. The number of nitrogens with zero attached hydrogens (tertiary/aromatic N) is 1. The zero-order valence-corrected chi connectivity index (χ0v) is 19.0. The van der Waals surface area contributed by atoms with Gasteiger partial charge in [-0.2, -0.15) is 5.26 Å². The topological polar surface area (TPSA) is 70.0 Å². The molecule has 4 nitrogen and oxygen atoms in total. The molecule has 0 bridgehead atoms. The Labute approximate surface area is 196 Å². The van der Waals surface area contributed by atoms with Crippen LogP contribution in [0.25, 0.3) is 0 Å². The molecule has 0 radical (unpaired) electrons. The first kappa shape index (κ1) is 23.3. The van der Waals surface area contributed by atoms with Gasteiger partial charge < -0.3 is 5.32 Å². The van der Waals surface area contributed by atoms with E-state index < -0.39 is 5.92 Å². The average molecular weight is 461 g/mol. The maximum atomic E-state index is 13.0. The Hall–Kier alpha value is -3.33. The van der Waals surface area contributed by atoms with Gasteiger partial charge in [-0.3, -0.25) is 9.59 Å². The Morgan fingerprint density at radius 3 is 2.06 bits per heavy atom. The van der Waals surface area contributed by atoms with Crippen LogP contribution >= 0.6 is 23.4 Å². The minimum Gasteiger partial charge on any atom is -0.316 e. The number of allylic oxidation sites excluding steroid dienone is 1. The molecule has 3 aromatic carbocycles. The lowest BCUT2D eigenvalue weighted by atomic mass is 9.86. The SMILES string of the molecule is CS/C(NC(=O)c1ccccc1)=C(\C#N)C(CC(=O)c1ccccc1)c1ccccc1Cl. The number of halogens is 1. The molecule has 0 aliphatic rings. The standard InChI is InChI=1S/C26H21ClN2O2S/c1-32-26(29-25(31)19-12-6-3-7-13-19)22(17-28)21(20-14-8-9-15-23(20)27)16-24(30)18-10-4-2-5-11-18/h2-15,21H,16H2,1H3,(H,29,31)/b26-22+. The van der Waals surface area contributed by atoms with E-state index in [-0.39, 0.29) is 18.1 Å². The molecule has 0 heterocycles. The summed E-state index contributed by atoms with van der Waals surface area (Å²) in [6.07, 6.45) is 1.82. The third-order valence-corrected chi connectivity index (χ3v) is 6.02. The van der Waals surface area contributed by atoms with Gasteiger partial charge in [0.05, 0.1) is 16.7 Å². The van der Waals surface area contributed by atoms with E-state index in [9.17, 15) is 14.9 Å². The average Bonchev–Trinajstić information content (AvgIpc) is 2.84. The molecule has 6 heteroatoms. The van der Waals surface area contributed by atoms with Gasteiger partial charge in [0.15, 0.2) is 5.78 Å². The summed E-state index contributed by atoms with van der Waals surface area (Å²) in [6.45, 7) is 0. The van der Waals surface area contributed by atoms with Crippen LogP contribution in [0.5, 0.6) is 0 Å². The molecule has 0 spiro atoms. The van der Waals surface area contributed by atoms with E-state index in [2.05, 4.69) is 11.4 Å². The lowest BCUT2D eigenvalue weighted by molar-refractivity contribution is 0.0966. The van der Waals surface area contributed by atoms with Gasteiger partial charge >= 0.3 is 0 Å². The van der Waals surface area contributed by atoms with Crippen molar-refractivity contribution in [1.29, 1.82) is 5.26 Å². The van der Waals surface area contributed by atoms with Gasteiger partial charge in [0.1, 0.15) is 0 Å². The number of rotatable bonds is 8. The summed E-state index contributed by atoms with van der Waals surface area (Å²) < 4.78 is 0. The van der Waals surface area contributed by atoms with Crippen LogP contribution in [-0.4, -0.2) is 17.9 Å². The highest BCUT2D eigenvalue weighted by molar-refractivity contribution is 8.02. The summed E-state index contributed by atoms with van der Waals surface area (Å²) in [6, 6.07) is 27.1. The number of carbonyl (C=O) groups excluding carboxylic acids is 2. The van der Waals surface area contributed by atoms with Crippen molar-refractivity contribution in [3.63, 3.8) is 0 Å². The van der Waals surface area contributed by atoms with Crippen LogP contribution in [0.15, 0.2) is 95.5 Å². The molecule has 0 saturated heterocycles. The quantitative estimate of drug-likeness (QED) is 0.319. The van der Waals surface area contributed by atoms with Crippen molar-refractivity contribution in [3.8, 4) is 6.07 Å². The van der Waals surface area contributed by atoms with Crippen LogP contribution in [0.4, 0.5) is 0 Å². The molecular weight excluding hydrogens is 440 g/mol. The highest BCUT2D eigenvalue weighted by Gasteiger charge is 2.27. The molecule has 0 fully saturated rings. The molecule has 1 N–H and O–H groups in total. The number of hydrogen-bond donors (Lipinski definition) is 1. The fourth-order valence-electron chi connectivity index (χ4n) is 3.33. The van der Waals surface area contributed by atoms with Crippen molar-refractivity contribution in [3.05, 3.63) is 117 Å². The summed E-state index contributed by atoms with van der Waals surface area (Å²) in [5.74, 6) is -1.05. The molecule has 160 valence electrons. The zero-order chi connectivity index (χ0) is 22.9. The number of amides is 1. The third-order valence-electron chi connectivity index (χ3n) is 4.95. The predicted molar refractivity (Wildman–Crippen MR) is 130 cm³/mol. The number of nitriles is 1. The van der Waals surface area contributed by atoms with E-state index in [1.807, 2.05) is 18.2 Å². The van der Waals surface area contributed by atoms with Crippen molar-refractivity contribution in [2.45, 2.75) is 12.3 Å². The summed E-state index contributed by atoms with van der Waals surface area (Å²) in [4.78, 5) is 25.8. The zero-order valence-electron chi connectivity index (χ0n) is 17.4. The minimum atomic E-state index is -0.611. The van der Waals surface area contributed by atoms with Gasteiger partial charge in [-0.1, -0.05) is 78.3 Å². The monoisotopic (exact) mass is 460 g/mol. The van der Waals surface area contributed by atoms with Gasteiger partial charge in [-0.25, -0.2) is 0 Å². The Balaban J connectivity index is 2.03. The summed E-state index contributed by atoms with van der Waals surface area (Å²) in [7, 11) is 0. The van der Waals surface area contributed by atoms with Gasteiger partial charge in [0.25, 0.3) is 5.91 Å². The molecule has 1 atom stereocenters. The van der Waals surface area contributed by atoms with E-state index >= 15 is 0 Å². The van der Waals surface area contributed by atoms with E-state index in [0.717, 1.165) is 0 Å². The van der Waals surface area contributed by atoms with E-state index in [1.54, 1.807) is 73.0 Å². The summed E-state index contributed by atoms with van der Waals surface area (Å²) >= 11 is 7.71. The van der Waals surface area contributed by atoms with Crippen molar-refractivity contribution >= 4 is 35.1 Å². The summed E-state index contributed by atoms with van der Waals surface area (Å²) in [5.41, 5.74) is 1.99. The number of nitrogens with one attached hydrogen (secondary N) is 1. The molecule has 0 aliphatic heterocycles. The van der Waals surface area contributed by atoms with Crippen LogP contribution in [0.1, 0.15) is 38.6 Å². The Morgan fingerprint density at radius 2 is 1.50 bits per heavy atom. The molecule has 3 rings (SSSR count). The maximum absolute atomic E-state index is 13.0. The van der Waals surface area contributed by atoms with Gasteiger partial charge in [-0.15, -0.1) is 11.8 Å². The Bertz CT molecular complexity index is 1170. The van der Waals surface area contributed by atoms with Crippen molar-refractivity contribution in [2.75, 3.05) is 6.26 Å². The van der Waals surface area contributed by atoms with Gasteiger partial charge in [0, 0.05) is 28.5 Å². The van der Waals surface area contributed by atoms with Crippen LogP contribution in [0.3, 0.4) is 0 Å². The van der Waals surface area contributed by atoms with Crippen molar-refractivity contribution in [2.24, 2.45) is 0 Å². The number of Topliss-reactive ketones (excluding diaryl/α,β-unsaturated/α-hetero) is 1. The molecule has 0 aromatic heterocycles. The lowest BCUT2D eigenvalue weighted by Gasteiger charge is -2.20. The first-order valence-corrected chi connectivity index (χ1v) is 11.5. The molecule has 1 amide bonds. The molecule has 32 heavy (non-hydrogen) atoms. The second-order valence-corrected chi connectivity index (χ2v) is 8.17. The number of thioether (sulfide) groups is 1.